The van der Waals surface area contributed by atoms with Crippen LogP contribution in [0.15, 0.2) is 0 Å². The molecule has 0 fully saturated rings. The minimum atomic E-state index is -0.313. The highest BCUT2D eigenvalue weighted by atomic mass is 35.5. The van der Waals surface area contributed by atoms with Crippen LogP contribution in [-0.4, -0.2) is 33.1 Å². The second kappa shape index (κ2) is 6.25. The number of nitrogens with zero attached hydrogens (tertiary/aromatic N) is 2. The van der Waals surface area contributed by atoms with Gasteiger partial charge in [-0.3, -0.25) is 4.68 Å². The number of halogens is 1. The normalized spacial score (nSPS) is 16.7. The maximum Gasteiger partial charge on any atom is 0.0844 e. The lowest BCUT2D eigenvalue weighted by Gasteiger charge is -2.34. The molecule has 0 aromatic carbocycles. The fourth-order valence-electron chi connectivity index (χ4n) is 2.68. The van der Waals surface area contributed by atoms with Gasteiger partial charge in [0.25, 0.3) is 0 Å². The molecule has 19 heavy (non-hydrogen) atoms. The van der Waals surface area contributed by atoms with E-state index in [9.17, 15) is 5.11 Å². The third kappa shape index (κ3) is 3.94. The number of aliphatic hydroxyl groups is 1. The zero-order valence-corrected chi connectivity index (χ0v) is 13.5. The number of hydrogen-bond donors (Lipinski definition) is 2. The van der Waals surface area contributed by atoms with E-state index in [2.05, 4.69) is 31.2 Å². The van der Waals surface area contributed by atoms with Crippen LogP contribution < -0.4 is 5.32 Å². The molecule has 2 atom stereocenters. The summed E-state index contributed by atoms with van der Waals surface area (Å²) in [7, 11) is 0. The fourth-order valence-corrected chi connectivity index (χ4v) is 2.80. The summed E-state index contributed by atoms with van der Waals surface area (Å²) in [5, 5.41) is 18.3. The van der Waals surface area contributed by atoms with Crippen LogP contribution in [0.25, 0.3) is 0 Å². The Labute approximate surface area is 121 Å². The average Bonchev–Trinajstić information content (AvgIpc) is 2.56. The van der Waals surface area contributed by atoms with Gasteiger partial charge in [0.05, 0.1) is 29.1 Å². The first-order valence-electron chi connectivity index (χ1n) is 6.80. The average molecular weight is 288 g/mol. The van der Waals surface area contributed by atoms with Crippen molar-refractivity contribution in [3.8, 4) is 0 Å². The molecule has 0 saturated carbocycles. The molecule has 2 N–H and O–H groups in total. The minimum Gasteiger partial charge on any atom is -0.394 e. The molecule has 0 spiro atoms. The lowest BCUT2D eigenvalue weighted by molar-refractivity contribution is 0.140. The van der Waals surface area contributed by atoms with E-state index in [1.54, 1.807) is 0 Å². The second-order valence-corrected chi connectivity index (χ2v) is 6.38. The summed E-state index contributed by atoms with van der Waals surface area (Å²) in [5.41, 5.74) is 1.52. The van der Waals surface area contributed by atoms with Gasteiger partial charge in [-0.2, -0.15) is 5.10 Å². The van der Waals surface area contributed by atoms with Crippen molar-refractivity contribution in [2.75, 3.05) is 6.61 Å². The first-order chi connectivity index (χ1) is 8.70. The number of nitrogens with one attached hydrogen (secondary N) is 1. The standard InChI is InChI=1S/C14H26ClN3O/c1-9(2)16-14(6,8-19)7-10(3)18-12(5)13(15)11(4)17-18/h9-10,16,19H,7-8H2,1-6H3. The number of aromatic nitrogens is 2. The van der Waals surface area contributed by atoms with Gasteiger partial charge in [-0.05, 0) is 34.1 Å². The summed E-state index contributed by atoms with van der Waals surface area (Å²) in [4.78, 5) is 0. The molecule has 0 aliphatic heterocycles. The molecule has 110 valence electrons. The Morgan fingerprint density at radius 3 is 2.32 bits per heavy atom. The molecule has 1 rings (SSSR count). The van der Waals surface area contributed by atoms with Crippen LogP contribution in [0.1, 0.15) is 51.5 Å². The van der Waals surface area contributed by atoms with E-state index in [0.717, 1.165) is 22.8 Å². The van der Waals surface area contributed by atoms with Gasteiger partial charge in [0, 0.05) is 11.6 Å². The summed E-state index contributed by atoms with van der Waals surface area (Å²) in [5.74, 6) is 0. The SMILES string of the molecule is Cc1nn(C(C)CC(C)(CO)NC(C)C)c(C)c1Cl. The van der Waals surface area contributed by atoms with E-state index in [4.69, 9.17) is 11.6 Å². The van der Waals surface area contributed by atoms with Gasteiger partial charge in [0.1, 0.15) is 0 Å². The van der Waals surface area contributed by atoms with Crippen LogP contribution >= 0.6 is 11.6 Å². The molecule has 0 radical (unpaired) electrons. The number of aliphatic hydroxyl groups excluding tert-OH is 1. The van der Waals surface area contributed by atoms with E-state index in [-0.39, 0.29) is 18.2 Å². The van der Waals surface area contributed by atoms with Gasteiger partial charge in [-0.1, -0.05) is 25.4 Å². The first-order valence-corrected chi connectivity index (χ1v) is 7.17. The lowest BCUT2D eigenvalue weighted by Crippen LogP contribution is -2.50. The Kier molecular flexibility index (Phi) is 5.42. The van der Waals surface area contributed by atoms with Crippen molar-refractivity contribution < 1.29 is 5.11 Å². The first kappa shape index (κ1) is 16.5. The van der Waals surface area contributed by atoms with Crippen molar-refractivity contribution in [1.82, 2.24) is 15.1 Å². The Hall–Kier alpha value is -0.580. The predicted octanol–water partition coefficient (Wildman–Crippen LogP) is 2.85. The van der Waals surface area contributed by atoms with Gasteiger partial charge >= 0.3 is 0 Å². The molecule has 1 aromatic heterocycles. The Morgan fingerprint density at radius 1 is 1.37 bits per heavy atom. The quantitative estimate of drug-likeness (QED) is 0.846. The van der Waals surface area contributed by atoms with E-state index >= 15 is 0 Å². The van der Waals surface area contributed by atoms with Crippen LogP contribution in [0.4, 0.5) is 0 Å². The smallest absolute Gasteiger partial charge is 0.0844 e. The largest absolute Gasteiger partial charge is 0.394 e. The lowest BCUT2D eigenvalue weighted by atomic mass is 9.93. The molecule has 2 unspecified atom stereocenters. The van der Waals surface area contributed by atoms with Crippen LogP contribution in [0, 0.1) is 13.8 Å². The number of aryl methyl sites for hydroxylation is 1. The van der Waals surface area contributed by atoms with Gasteiger partial charge < -0.3 is 10.4 Å². The van der Waals surface area contributed by atoms with Gasteiger partial charge in [-0.25, -0.2) is 0 Å². The van der Waals surface area contributed by atoms with Crippen molar-refractivity contribution in [3.05, 3.63) is 16.4 Å². The van der Waals surface area contributed by atoms with Crippen molar-refractivity contribution in [2.24, 2.45) is 0 Å². The molecule has 5 heteroatoms. The van der Waals surface area contributed by atoms with Crippen molar-refractivity contribution >= 4 is 11.6 Å². The predicted molar refractivity (Wildman–Crippen MR) is 79.8 cm³/mol. The minimum absolute atomic E-state index is 0.0998. The third-order valence-corrected chi connectivity index (χ3v) is 3.93. The molecule has 0 amide bonds. The molecule has 1 aromatic rings. The summed E-state index contributed by atoms with van der Waals surface area (Å²) in [6, 6.07) is 0.503. The third-order valence-electron chi connectivity index (χ3n) is 3.39. The van der Waals surface area contributed by atoms with Gasteiger partial charge in [0.2, 0.25) is 0 Å². The molecule has 1 heterocycles. The molecule has 4 nitrogen and oxygen atoms in total. The highest BCUT2D eigenvalue weighted by Gasteiger charge is 2.28. The molecule has 0 aliphatic rings. The second-order valence-electron chi connectivity index (χ2n) is 6.00. The van der Waals surface area contributed by atoms with Crippen LogP contribution in [0.5, 0.6) is 0 Å². The Bertz CT molecular complexity index is 431. The van der Waals surface area contributed by atoms with Gasteiger partial charge in [-0.15, -0.1) is 0 Å². The van der Waals surface area contributed by atoms with Gasteiger partial charge in [0.15, 0.2) is 0 Å². The fraction of sp³-hybridized carbons (Fsp3) is 0.786. The van der Waals surface area contributed by atoms with Crippen LogP contribution in [0.3, 0.4) is 0 Å². The monoisotopic (exact) mass is 287 g/mol. The zero-order valence-electron chi connectivity index (χ0n) is 12.8. The summed E-state index contributed by atoms with van der Waals surface area (Å²) in [6.07, 6.45) is 0.792. The van der Waals surface area contributed by atoms with E-state index in [1.807, 2.05) is 25.5 Å². The highest BCUT2D eigenvalue weighted by Crippen LogP contribution is 2.26. The Balaban J connectivity index is 2.88. The van der Waals surface area contributed by atoms with Crippen molar-refractivity contribution in [3.63, 3.8) is 0 Å². The zero-order chi connectivity index (χ0) is 14.8. The maximum atomic E-state index is 9.64. The summed E-state index contributed by atoms with van der Waals surface area (Å²) in [6.45, 7) is 12.3. The maximum absolute atomic E-state index is 9.64. The highest BCUT2D eigenvalue weighted by molar-refractivity contribution is 6.31. The van der Waals surface area contributed by atoms with E-state index in [0.29, 0.717) is 6.04 Å². The topological polar surface area (TPSA) is 50.1 Å². The summed E-state index contributed by atoms with van der Waals surface area (Å²) >= 11 is 6.18. The van der Waals surface area contributed by atoms with E-state index < -0.39 is 0 Å². The van der Waals surface area contributed by atoms with Crippen LogP contribution in [0.2, 0.25) is 5.02 Å². The number of hydrogen-bond acceptors (Lipinski definition) is 3. The summed E-state index contributed by atoms with van der Waals surface area (Å²) < 4.78 is 1.95. The molecule has 0 saturated heterocycles. The van der Waals surface area contributed by atoms with E-state index in [1.165, 1.54) is 0 Å². The number of rotatable bonds is 6. The van der Waals surface area contributed by atoms with Crippen molar-refractivity contribution in [1.29, 1.82) is 0 Å². The van der Waals surface area contributed by atoms with Crippen LogP contribution in [-0.2, 0) is 0 Å². The van der Waals surface area contributed by atoms with Crippen molar-refractivity contribution in [2.45, 2.75) is 65.6 Å². The Morgan fingerprint density at radius 2 is 1.95 bits per heavy atom. The molecule has 0 aliphatic carbocycles. The molecule has 0 bridgehead atoms. The molecular weight excluding hydrogens is 262 g/mol. The molecular formula is C14H26ClN3O.